The Morgan fingerprint density at radius 1 is 1.07 bits per heavy atom. The molecule has 4 heteroatoms. The smallest absolute Gasteiger partial charge is 0.408 e. The first kappa shape index (κ1) is 20.0. The number of ether oxygens (including phenoxy) is 2. The molecule has 1 aromatic carbocycles. The molecule has 1 N–H and O–H groups in total. The van der Waals surface area contributed by atoms with Crippen molar-refractivity contribution in [3.63, 3.8) is 0 Å². The molecule has 0 spiro atoms. The molecule has 0 radical (unpaired) electrons. The van der Waals surface area contributed by atoms with Gasteiger partial charge in [0.15, 0.2) is 0 Å². The van der Waals surface area contributed by atoms with Crippen molar-refractivity contribution < 1.29 is 14.3 Å². The van der Waals surface area contributed by atoms with Crippen LogP contribution in [0.4, 0.5) is 4.79 Å². The zero-order valence-corrected chi connectivity index (χ0v) is 17.2. The maximum Gasteiger partial charge on any atom is 0.408 e. The zero-order valence-electron chi connectivity index (χ0n) is 17.2. The molecule has 0 aliphatic heterocycles. The summed E-state index contributed by atoms with van der Waals surface area (Å²) in [5.74, 6) is 1.68. The summed E-state index contributed by atoms with van der Waals surface area (Å²) in [7, 11) is 0. The number of nitrogens with one attached hydrogen (secondary N) is 1. The SMILES string of the molecule is CC(C)(C)OC(=O)NC1CCCCc2cc(OCC3CCCCC3)ccc21. The minimum atomic E-state index is -0.478. The Kier molecular flexibility index (Phi) is 6.67. The number of fused-ring (bicyclic) bond motifs is 1. The fourth-order valence-corrected chi connectivity index (χ4v) is 4.22. The summed E-state index contributed by atoms with van der Waals surface area (Å²) in [6.07, 6.45) is 10.6. The van der Waals surface area contributed by atoms with Gasteiger partial charge >= 0.3 is 6.09 Å². The van der Waals surface area contributed by atoms with E-state index in [0.717, 1.165) is 38.0 Å². The standard InChI is InChI=1S/C23H35NO3/c1-23(2,3)27-22(25)24-21-12-8-7-11-18-15-19(13-14-20(18)21)26-16-17-9-5-4-6-10-17/h13-15,17,21H,4-12,16H2,1-3H3,(H,24,25). The molecule has 0 heterocycles. The maximum atomic E-state index is 12.2. The molecule has 27 heavy (non-hydrogen) atoms. The van der Waals surface area contributed by atoms with Crippen molar-refractivity contribution in [2.75, 3.05) is 6.61 Å². The second kappa shape index (κ2) is 8.99. The first-order valence-electron chi connectivity index (χ1n) is 10.7. The van der Waals surface area contributed by atoms with Gasteiger partial charge in [-0.05, 0) is 82.1 Å². The molecule has 0 aromatic heterocycles. The number of rotatable bonds is 4. The highest BCUT2D eigenvalue weighted by atomic mass is 16.6. The molecule has 4 nitrogen and oxygen atoms in total. The molecule has 1 unspecified atom stereocenters. The van der Waals surface area contributed by atoms with Crippen LogP contribution >= 0.6 is 0 Å². The van der Waals surface area contributed by atoms with Crippen LogP contribution in [0.3, 0.4) is 0 Å². The lowest BCUT2D eigenvalue weighted by Gasteiger charge is -2.25. The van der Waals surface area contributed by atoms with Crippen molar-refractivity contribution in [3.05, 3.63) is 29.3 Å². The number of hydrogen-bond acceptors (Lipinski definition) is 3. The summed E-state index contributed by atoms with van der Waals surface area (Å²) < 4.78 is 11.6. The van der Waals surface area contributed by atoms with Crippen molar-refractivity contribution in [1.29, 1.82) is 0 Å². The monoisotopic (exact) mass is 373 g/mol. The molecule has 150 valence electrons. The summed E-state index contributed by atoms with van der Waals surface area (Å²) in [6, 6.07) is 6.41. The van der Waals surface area contributed by atoms with Gasteiger partial charge in [0, 0.05) is 0 Å². The Morgan fingerprint density at radius 3 is 2.56 bits per heavy atom. The minimum Gasteiger partial charge on any atom is -0.493 e. The topological polar surface area (TPSA) is 47.6 Å². The van der Waals surface area contributed by atoms with Crippen LogP contribution < -0.4 is 10.1 Å². The number of benzene rings is 1. The van der Waals surface area contributed by atoms with E-state index in [4.69, 9.17) is 9.47 Å². The quantitative estimate of drug-likeness (QED) is 0.665. The van der Waals surface area contributed by atoms with Gasteiger partial charge in [0.1, 0.15) is 11.4 Å². The van der Waals surface area contributed by atoms with Gasteiger partial charge in [-0.15, -0.1) is 0 Å². The van der Waals surface area contributed by atoms with Crippen molar-refractivity contribution in [2.45, 2.75) is 90.2 Å². The predicted molar refractivity (Wildman–Crippen MR) is 108 cm³/mol. The summed E-state index contributed by atoms with van der Waals surface area (Å²) in [6.45, 7) is 6.51. The van der Waals surface area contributed by atoms with E-state index in [1.807, 2.05) is 20.8 Å². The van der Waals surface area contributed by atoms with Crippen LogP contribution in [-0.4, -0.2) is 18.3 Å². The second-order valence-electron chi connectivity index (χ2n) is 9.12. The van der Waals surface area contributed by atoms with Crippen LogP contribution in [0, 0.1) is 5.92 Å². The normalized spacial score (nSPS) is 21.1. The lowest BCUT2D eigenvalue weighted by atomic mass is 9.90. The van der Waals surface area contributed by atoms with E-state index < -0.39 is 5.60 Å². The lowest BCUT2D eigenvalue weighted by molar-refractivity contribution is 0.0501. The molecule has 1 atom stereocenters. The molecule has 2 aliphatic rings. The molecule has 1 fully saturated rings. The second-order valence-corrected chi connectivity index (χ2v) is 9.12. The van der Waals surface area contributed by atoms with Gasteiger partial charge in [-0.3, -0.25) is 0 Å². The van der Waals surface area contributed by atoms with Crippen LogP contribution in [0.5, 0.6) is 5.75 Å². The number of alkyl carbamates (subject to hydrolysis) is 1. The van der Waals surface area contributed by atoms with Gasteiger partial charge in [0.05, 0.1) is 12.6 Å². The van der Waals surface area contributed by atoms with E-state index in [1.165, 1.54) is 43.2 Å². The number of carbonyl (C=O) groups excluding carboxylic acids is 1. The number of hydrogen-bond donors (Lipinski definition) is 1. The molecular weight excluding hydrogens is 338 g/mol. The Hall–Kier alpha value is -1.71. The average molecular weight is 374 g/mol. The summed E-state index contributed by atoms with van der Waals surface area (Å²) in [5, 5.41) is 3.07. The predicted octanol–water partition coefficient (Wildman–Crippen LogP) is 5.94. The molecule has 1 amide bonds. The lowest BCUT2D eigenvalue weighted by Crippen LogP contribution is -2.35. The van der Waals surface area contributed by atoms with E-state index in [0.29, 0.717) is 5.92 Å². The Labute approximate surface area is 164 Å². The van der Waals surface area contributed by atoms with E-state index in [-0.39, 0.29) is 12.1 Å². The first-order valence-corrected chi connectivity index (χ1v) is 10.7. The summed E-state index contributed by atoms with van der Waals surface area (Å²) in [5.41, 5.74) is 2.03. The fourth-order valence-electron chi connectivity index (χ4n) is 4.22. The van der Waals surface area contributed by atoms with Gasteiger partial charge in [-0.25, -0.2) is 4.79 Å². The molecule has 3 rings (SSSR count). The number of amides is 1. The van der Waals surface area contributed by atoms with Crippen LogP contribution in [0.1, 0.15) is 89.3 Å². The Balaban J connectivity index is 1.64. The van der Waals surface area contributed by atoms with Crippen LogP contribution in [0.25, 0.3) is 0 Å². The molecular formula is C23H35NO3. The van der Waals surface area contributed by atoms with E-state index in [9.17, 15) is 4.79 Å². The Bertz CT molecular complexity index is 629. The summed E-state index contributed by atoms with van der Waals surface area (Å²) in [4.78, 5) is 12.2. The van der Waals surface area contributed by atoms with E-state index in [1.54, 1.807) is 0 Å². The Morgan fingerprint density at radius 2 is 1.81 bits per heavy atom. The highest BCUT2D eigenvalue weighted by Gasteiger charge is 2.24. The van der Waals surface area contributed by atoms with Crippen LogP contribution in [-0.2, 0) is 11.2 Å². The largest absolute Gasteiger partial charge is 0.493 e. The maximum absolute atomic E-state index is 12.2. The van der Waals surface area contributed by atoms with Crippen molar-refractivity contribution in [1.82, 2.24) is 5.32 Å². The van der Waals surface area contributed by atoms with Crippen molar-refractivity contribution >= 4 is 6.09 Å². The molecule has 0 bridgehead atoms. The molecule has 0 saturated heterocycles. The highest BCUT2D eigenvalue weighted by Crippen LogP contribution is 2.32. The van der Waals surface area contributed by atoms with Crippen molar-refractivity contribution in [2.24, 2.45) is 5.92 Å². The third-order valence-corrected chi connectivity index (χ3v) is 5.58. The van der Waals surface area contributed by atoms with Gasteiger partial charge in [0.25, 0.3) is 0 Å². The zero-order chi connectivity index (χ0) is 19.3. The molecule has 2 aliphatic carbocycles. The van der Waals surface area contributed by atoms with Gasteiger partial charge in [0.2, 0.25) is 0 Å². The van der Waals surface area contributed by atoms with E-state index in [2.05, 4.69) is 23.5 Å². The molecule has 1 aromatic rings. The van der Waals surface area contributed by atoms with Gasteiger partial charge in [-0.2, -0.15) is 0 Å². The molecule has 1 saturated carbocycles. The number of aryl methyl sites for hydroxylation is 1. The van der Waals surface area contributed by atoms with Gasteiger partial charge < -0.3 is 14.8 Å². The van der Waals surface area contributed by atoms with Crippen LogP contribution in [0.2, 0.25) is 0 Å². The van der Waals surface area contributed by atoms with Gasteiger partial charge in [-0.1, -0.05) is 31.7 Å². The number of carbonyl (C=O) groups is 1. The minimum absolute atomic E-state index is 0.0183. The van der Waals surface area contributed by atoms with E-state index >= 15 is 0 Å². The highest BCUT2D eigenvalue weighted by molar-refractivity contribution is 5.68. The average Bonchev–Trinajstić information content (AvgIpc) is 2.81. The van der Waals surface area contributed by atoms with Crippen molar-refractivity contribution in [3.8, 4) is 5.75 Å². The third-order valence-electron chi connectivity index (χ3n) is 5.58. The fraction of sp³-hybridized carbons (Fsp3) is 0.696. The van der Waals surface area contributed by atoms with Crippen LogP contribution in [0.15, 0.2) is 18.2 Å². The first-order chi connectivity index (χ1) is 12.9. The summed E-state index contributed by atoms with van der Waals surface area (Å²) >= 11 is 0. The third kappa shape index (κ3) is 6.15.